The molecule has 1 aliphatic carbocycles. The van der Waals surface area contributed by atoms with E-state index in [1.54, 1.807) is 0 Å². The third-order valence-corrected chi connectivity index (χ3v) is 8.52. The van der Waals surface area contributed by atoms with Crippen LogP contribution in [-0.2, 0) is 5.41 Å². The number of hydrogen-bond acceptors (Lipinski definition) is 0. The van der Waals surface area contributed by atoms with Crippen molar-refractivity contribution in [2.45, 2.75) is 49.9 Å². The second kappa shape index (κ2) is 12.0. The second-order valence-electron chi connectivity index (χ2n) is 11.9. The van der Waals surface area contributed by atoms with Gasteiger partial charge in [0, 0.05) is 0 Å². The molecule has 40 heavy (non-hydrogen) atoms. The van der Waals surface area contributed by atoms with E-state index in [1.807, 2.05) is 0 Å². The Morgan fingerprint density at radius 3 is 1.32 bits per heavy atom. The molecule has 0 aliphatic heterocycles. The molecule has 0 heterocycles. The molecule has 5 aromatic rings. The van der Waals surface area contributed by atoms with Crippen molar-refractivity contribution in [3.8, 4) is 0 Å². The van der Waals surface area contributed by atoms with E-state index in [9.17, 15) is 0 Å². The van der Waals surface area contributed by atoms with E-state index in [0.29, 0.717) is 5.92 Å². The first-order chi connectivity index (χ1) is 19.0. The molecule has 1 aliphatic rings. The minimum absolute atomic E-state index is 0. The quantitative estimate of drug-likeness (QED) is 0.175. The molecule has 6 rings (SSSR count). The fourth-order valence-electron chi connectivity index (χ4n) is 6.77. The van der Waals surface area contributed by atoms with E-state index in [1.165, 1.54) is 39.3 Å². The SMILES string of the molecule is CC(C)(C)c1cccc(C2C(c3ccccc3)[C-](c3ccccc3)C(c3ccccc3)C2c2ccccc2)c1.[Li+]. The fourth-order valence-corrected chi connectivity index (χ4v) is 6.77. The molecule has 1 heteroatoms. The predicted molar refractivity (Wildman–Crippen MR) is 164 cm³/mol. The Morgan fingerprint density at radius 1 is 0.450 bits per heavy atom. The van der Waals surface area contributed by atoms with Gasteiger partial charge in [0.2, 0.25) is 0 Å². The van der Waals surface area contributed by atoms with Crippen molar-refractivity contribution in [2.75, 3.05) is 0 Å². The van der Waals surface area contributed by atoms with Crippen LogP contribution in [0, 0.1) is 5.92 Å². The van der Waals surface area contributed by atoms with Crippen molar-refractivity contribution < 1.29 is 18.9 Å². The molecule has 194 valence electrons. The van der Waals surface area contributed by atoms with Gasteiger partial charge >= 0.3 is 18.9 Å². The molecular weight excluding hydrogens is 475 g/mol. The Bertz CT molecular complexity index is 1400. The molecule has 4 atom stereocenters. The summed E-state index contributed by atoms with van der Waals surface area (Å²) in [7, 11) is 0. The van der Waals surface area contributed by atoms with E-state index in [4.69, 9.17) is 0 Å². The van der Waals surface area contributed by atoms with Crippen LogP contribution in [0.25, 0.3) is 0 Å². The molecule has 0 amide bonds. The Hall–Kier alpha value is -3.43. The first kappa shape index (κ1) is 28.1. The van der Waals surface area contributed by atoms with Gasteiger partial charge in [-0.15, -0.1) is 12.1 Å². The van der Waals surface area contributed by atoms with Crippen LogP contribution < -0.4 is 18.9 Å². The maximum atomic E-state index is 2.49. The zero-order valence-corrected chi connectivity index (χ0v) is 24.2. The minimum atomic E-state index is 0. The van der Waals surface area contributed by atoms with Gasteiger partial charge in [-0.25, -0.2) is 0 Å². The summed E-state index contributed by atoms with van der Waals surface area (Å²) in [5, 5.41) is 0. The van der Waals surface area contributed by atoms with Gasteiger partial charge in [-0.05, 0) is 45.8 Å². The van der Waals surface area contributed by atoms with Crippen LogP contribution in [0.2, 0.25) is 0 Å². The van der Waals surface area contributed by atoms with Gasteiger partial charge in [0.1, 0.15) is 0 Å². The minimum Gasteiger partial charge on any atom is -0.188 e. The first-order valence-electron chi connectivity index (χ1n) is 14.2. The summed E-state index contributed by atoms with van der Waals surface area (Å²) in [6, 6.07) is 54.2. The first-order valence-corrected chi connectivity index (χ1v) is 14.2. The smallest absolute Gasteiger partial charge is 0.188 e. The Balaban J connectivity index is 0.00000323. The maximum absolute atomic E-state index is 2.49. The molecule has 0 radical (unpaired) electrons. The molecule has 1 saturated carbocycles. The summed E-state index contributed by atoms with van der Waals surface area (Å²) in [6.45, 7) is 6.95. The average Bonchev–Trinajstić information content (AvgIpc) is 3.35. The molecule has 0 bridgehead atoms. The average molecular weight is 513 g/mol. The molecule has 0 N–H and O–H groups in total. The van der Waals surface area contributed by atoms with Crippen LogP contribution in [0.5, 0.6) is 0 Å². The van der Waals surface area contributed by atoms with Crippen LogP contribution in [-0.4, -0.2) is 0 Å². The predicted octanol–water partition coefficient (Wildman–Crippen LogP) is 7.06. The zero-order valence-electron chi connectivity index (χ0n) is 24.2. The van der Waals surface area contributed by atoms with Crippen molar-refractivity contribution in [2.24, 2.45) is 0 Å². The number of hydrogen-bond donors (Lipinski definition) is 0. The van der Waals surface area contributed by atoms with E-state index in [0.717, 1.165) is 0 Å². The summed E-state index contributed by atoms with van der Waals surface area (Å²) in [4.78, 5) is 0. The standard InChI is InChI=1S/C39H37.Li/c1-39(2,3)33-26-16-25-32(27-33)38-36(30-21-12-6-13-22-30)34(28-17-8-4-9-18-28)35(29-19-10-5-11-20-29)37(38)31-23-14-7-15-24-31;/h4-27,34,36-38H,1-3H3;/q-1;+1. The monoisotopic (exact) mass is 512 g/mol. The Morgan fingerprint density at radius 2 is 0.850 bits per heavy atom. The fraction of sp³-hybridized carbons (Fsp3) is 0.205. The molecule has 1 fully saturated rings. The van der Waals surface area contributed by atoms with Gasteiger partial charge in [-0.2, -0.15) is 23.6 Å². The van der Waals surface area contributed by atoms with Gasteiger partial charge in [-0.1, -0.05) is 153 Å². The van der Waals surface area contributed by atoms with Crippen molar-refractivity contribution >= 4 is 0 Å². The molecule has 0 saturated heterocycles. The van der Waals surface area contributed by atoms with Crippen molar-refractivity contribution in [1.29, 1.82) is 0 Å². The molecule has 5 aromatic carbocycles. The normalized spacial score (nSPS) is 20.6. The maximum Gasteiger partial charge on any atom is 1.00 e. The largest absolute Gasteiger partial charge is 1.00 e. The van der Waals surface area contributed by atoms with Crippen molar-refractivity contribution in [1.82, 2.24) is 0 Å². The summed E-state index contributed by atoms with van der Waals surface area (Å²) < 4.78 is 0. The zero-order chi connectivity index (χ0) is 26.8. The molecular formula is C39H37Li. The van der Waals surface area contributed by atoms with Crippen LogP contribution >= 0.6 is 0 Å². The summed E-state index contributed by atoms with van der Waals surface area (Å²) in [5.41, 5.74) is 8.44. The van der Waals surface area contributed by atoms with Crippen LogP contribution in [0.4, 0.5) is 0 Å². The molecule has 0 nitrogen and oxygen atoms in total. The van der Waals surface area contributed by atoms with E-state index < -0.39 is 0 Å². The number of rotatable bonds is 5. The Kier molecular flexibility index (Phi) is 8.42. The van der Waals surface area contributed by atoms with Crippen LogP contribution in [0.1, 0.15) is 77.8 Å². The Labute approximate surface area is 252 Å². The third-order valence-electron chi connectivity index (χ3n) is 8.52. The van der Waals surface area contributed by atoms with Crippen LogP contribution in [0.3, 0.4) is 0 Å². The van der Waals surface area contributed by atoms with Gasteiger partial charge in [-0.3, -0.25) is 0 Å². The number of benzene rings is 5. The summed E-state index contributed by atoms with van der Waals surface area (Å²) in [5.74, 6) is 2.61. The van der Waals surface area contributed by atoms with Crippen molar-refractivity contribution in [3.05, 3.63) is 185 Å². The van der Waals surface area contributed by atoms with Crippen molar-refractivity contribution in [3.63, 3.8) is 0 Å². The van der Waals surface area contributed by atoms with Gasteiger partial charge in [0.05, 0.1) is 0 Å². The van der Waals surface area contributed by atoms with Crippen LogP contribution in [0.15, 0.2) is 146 Å². The topological polar surface area (TPSA) is 0 Å². The summed E-state index contributed by atoms with van der Waals surface area (Å²) >= 11 is 0. The van der Waals surface area contributed by atoms with Gasteiger partial charge in [0.15, 0.2) is 0 Å². The molecule has 4 unspecified atom stereocenters. The molecule has 0 aromatic heterocycles. The molecule has 0 spiro atoms. The second-order valence-corrected chi connectivity index (χ2v) is 11.9. The van der Waals surface area contributed by atoms with E-state index >= 15 is 0 Å². The van der Waals surface area contributed by atoms with Gasteiger partial charge in [0.25, 0.3) is 0 Å². The van der Waals surface area contributed by atoms with E-state index in [2.05, 4.69) is 166 Å². The third kappa shape index (κ3) is 5.45. The van der Waals surface area contributed by atoms with E-state index in [-0.39, 0.29) is 42.0 Å². The van der Waals surface area contributed by atoms with Gasteiger partial charge < -0.3 is 0 Å². The summed E-state index contributed by atoms with van der Waals surface area (Å²) in [6.07, 6.45) is 0.